The lowest BCUT2D eigenvalue weighted by Crippen LogP contribution is -2.40. The number of sulfonamides is 1. The number of hydrogen-bond donors (Lipinski definition) is 1. The Bertz CT molecular complexity index is 1180. The van der Waals surface area contributed by atoms with Crippen molar-refractivity contribution in [3.63, 3.8) is 0 Å². The molecule has 0 unspecified atom stereocenters. The van der Waals surface area contributed by atoms with E-state index in [1.54, 1.807) is 41.1 Å². The van der Waals surface area contributed by atoms with Crippen molar-refractivity contribution < 1.29 is 17.5 Å². The highest BCUT2D eigenvalue weighted by Gasteiger charge is 2.26. The zero-order valence-electron chi connectivity index (χ0n) is 17.6. The van der Waals surface area contributed by atoms with Gasteiger partial charge in [-0.3, -0.25) is 0 Å². The number of nitrogens with zero attached hydrogens (tertiary/aromatic N) is 3. The lowest BCUT2D eigenvalue weighted by atomic mass is 10.2. The van der Waals surface area contributed by atoms with Gasteiger partial charge in [0, 0.05) is 31.7 Å². The molecule has 170 valence electrons. The first-order valence-corrected chi connectivity index (χ1v) is 12.1. The highest BCUT2D eigenvalue weighted by Crippen LogP contribution is 2.24. The van der Waals surface area contributed by atoms with E-state index in [-0.39, 0.29) is 10.7 Å². The molecule has 1 fully saturated rings. The molecular weight excluding hydrogens is 455 g/mol. The van der Waals surface area contributed by atoms with Crippen LogP contribution in [0.25, 0.3) is 5.69 Å². The average Bonchev–Trinajstić information content (AvgIpc) is 3.09. The zero-order chi connectivity index (χ0) is 22.7. The van der Waals surface area contributed by atoms with Gasteiger partial charge in [-0.15, -0.1) is 0 Å². The summed E-state index contributed by atoms with van der Waals surface area (Å²) in [6, 6.07) is 12.8. The molecule has 0 bridgehead atoms. The van der Waals surface area contributed by atoms with E-state index in [1.807, 2.05) is 6.92 Å². The minimum absolute atomic E-state index is 0.280. The minimum Gasteiger partial charge on any atom is -0.379 e. The highest BCUT2D eigenvalue weighted by molar-refractivity contribution is 7.89. The van der Waals surface area contributed by atoms with Crippen molar-refractivity contribution in [1.82, 2.24) is 19.4 Å². The molecule has 2 heterocycles. The van der Waals surface area contributed by atoms with Crippen molar-refractivity contribution in [1.29, 1.82) is 0 Å². The van der Waals surface area contributed by atoms with E-state index in [2.05, 4.69) is 10.4 Å². The molecule has 32 heavy (non-hydrogen) atoms. The van der Waals surface area contributed by atoms with Gasteiger partial charge in [0.15, 0.2) is 0 Å². The lowest BCUT2D eigenvalue weighted by molar-refractivity contribution is 0.0730. The quantitative estimate of drug-likeness (QED) is 0.564. The van der Waals surface area contributed by atoms with Crippen LogP contribution in [-0.4, -0.2) is 48.8 Å². The first-order chi connectivity index (χ1) is 15.4. The summed E-state index contributed by atoms with van der Waals surface area (Å²) in [4.78, 5) is 0.280. The normalized spacial score (nSPS) is 15.2. The number of nitrogens with one attached hydrogen (secondary N) is 1. The zero-order valence-corrected chi connectivity index (χ0v) is 19.2. The first kappa shape index (κ1) is 22.9. The van der Waals surface area contributed by atoms with Gasteiger partial charge in [0.25, 0.3) is 0 Å². The monoisotopic (exact) mass is 478 g/mol. The van der Waals surface area contributed by atoms with Crippen molar-refractivity contribution in [2.45, 2.75) is 24.9 Å². The molecule has 4 rings (SSSR count). The molecule has 1 N–H and O–H groups in total. The van der Waals surface area contributed by atoms with Gasteiger partial charge in [0.05, 0.1) is 29.5 Å². The van der Waals surface area contributed by atoms with Crippen molar-refractivity contribution in [3.8, 4) is 5.69 Å². The Morgan fingerprint density at radius 3 is 2.38 bits per heavy atom. The van der Waals surface area contributed by atoms with Crippen molar-refractivity contribution >= 4 is 21.6 Å². The van der Waals surface area contributed by atoms with Crippen LogP contribution >= 0.6 is 11.6 Å². The van der Waals surface area contributed by atoms with Gasteiger partial charge in [-0.25, -0.2) is 17.5 Å². The van der Waals surface area contributed by atoms with Gasteiger partial charge in [0.1, 0.15) is 11.0 Å². The number of ether oxygens (including phenoxy) is 1. The smallest absolute Gasteiger partial charge is 0.243 e. The fourth-order valence-corrected chi connectivity index (χ4v) is 5.28. The van der Waals surface area contributed by atoms with E-state index in [9.17, 15) is 12.8 Å². The summed E-state index contributed by atoms with van der Waals surface area (Å²) in [5.74, 6) is -0.320. The number of benzene rings is 2. The molecule has 0 saturated carbocycles. The number of aryl methyl sites for hydroxylation is 1. The Hall–Kier alpha value is -2.30. The van der Waals surface area contributed by atoms with Crippen molar-refractivity contribution in [2.75, 3.05) is 26.3 Å². The first-order valence-electron chi connectivity index (χ1n) is 10.2. The van der Waals surface area contributed by atoms with Crippen molar-refractivity contribution in [2.24, 2.45) is 0 Å². The molecule has 7 nitrogen and oxygen atoms in total. The van der Waals surface area contributed by atoms with Crippen LogP contribution in [0.3, 0.4) is 0 Å². The summed E-state index contributed by atoms with van der Waals surface area (Å²) in [6.07, 6.45) is 0. The Balaban J connectivity index is 1.39. The van der Waals surface area contributed by atoms with E-state index >= 15 is 0 Å². The molecule has 3 aromatic rings. The molecule has 1 saturated heterocycles. The van der Waals surface area contributed by atoms with Crippen LogP contribution in [0.4, 0.5) is 4.39 Å². The second-order valence-corrected chi connectivity index (χ2v) is 9.80. The van der Waals surface area contributed by atoms with Crippen molar-refractivity contribution in [3.05, 3.63) is 76.3 Å². The van der Waals surface area contributed by atoms with E-state index in [0.717, 1.165) is 16.8 Å². The standard InChI is InChI=1S/C22H24ClFN4O3S/c1-16-21(22(23)28(26-16)19-6-4-18(24)5-7-19)15-25-14-17-2-8-20(9-3-17)32(29,30)27-10-12-31-13-11-27/h2-9,25H,10-15H2,1H3. The molecule has 2 aromatic carbocycles. The summed E-state index contributed by atoms with van der Waals surface area (Å²) in [7, 11) is -3.50. The van der Waals surface area contributed by atoms with Crippen LogP contribution in [-0.2, 0) is 27.8 Å². The second-order valence-electron chi connectivity index (χ2n) is 7.51. The molecule has 0 radical (unpaired) electrons. The molecule has 0 amide bonds. The summed E-state index contributed by atoms with van der Waals surface area (Å²) in [5, 5.41) is 8.25. The molecule has 0 aliphatic carbocycles. The molecule has 0 spiro atoms. The van der Waals surface area contributed by atoms with E-state index in [1.165, 1.54) is 16.4 Å². The topological polar surface area (TPSA) is 76.5 Å². The van der Waals surface area contributed by atoms with Crippen LogP contribution in [0, 0.1) is 12.7 Å². The van der Waals surface area contributed by atoms with E-state index in [0.29, 0.717) is 50.2 Å². The molecule has 1 aromatic heterocycles. The molecule has 0 atom stereocenters. The van der Waals surface area contributed by atoms with Gasteiger partial charge in [-0.05, 0) is 48.9 Å². The van der Waals surface area contributed by atoms with Gasteiger partial charge in [-0.1, -0.05) is 23.7 Å². The molecule has 1 aliphatic heterocycles. The molecule has 1 aliphatic rings. The highest BCUT2D eigenvalue weighted by atomic mass is 35.5. The lowest BCUT2D eigenvalue weighted by Gasteiger charge is -2.26. The van der Waals surface area contributed by atoms with Crippen LogP contribution in [0.15, 0.2) is 53.4 Å². The van der Waals surface area contributed by atoms with E-state index < -0.39 is 10.0 Å². The Morgan fingerprint density at radius 1 is 1.06 bits per heavy atom. The average molecular weight is 479 g/mol. The summed E-state index contributed by atoms with van der Waals surface area (Å²) in [5.41, 5.74) is 3.26. The number of aromatic nitrogens is 2. The third kappa shape index (κ3) is 4.87. The fourth-order valence-electron chi connectivity index (χ4n) is 3.53. The number of halogens is 2. The van der Waals surface area contributed by atoms with Crippen LogP contribution in [0.1, 0.15) is 16.8 Å². The number of morpholine rings is 1. The predicted octanol–water partition coefficient (Wildman–Crippen LogP) is 3.28. The fraction of sp³-hybridized carbons (Fsp3) is 0.318. The number of rotatable bonds is 7. The van der Waals surface area contributed by atoms with Gasteiger partial charge in [-0.2, -0.15) is 9.40 Å². The second kappa shape index (κ2) is 9.68. The maximum atomic E-state index is 13.2. The maximum Gasteiger partial charge on any atom is 0.243 e. The van der Waals surface area contributed by atoms with Crippen LogP contribution in [0.2, 0.25) is 5.15 Å². The Labute approximate surface area is 191 Å². The predicted molar refractivity (Wildman–Crippen MR) is 120 cm³/mol. The largest absolute Gasteiger partial charge is 0.379 e. The minimum atomic E-state index is -3.50. The SMILES string of the molecule is Cc1nn(-c2ccc(F)cc2)c(Cl)c1CNCc1ccc(S(=O)(=O)N2CCOCC2)cc1. The van der Waals surface area contributed by atoms with Crippen LogP contribution < -0.4 is 5.32 Å². The third-order valence-corrected chi connectivity index (χ3v) is 7.66. The number of hydrogen-bond acceptors (Lipinski definition) is 5. The summed E-state index contributed by atoms with van der Waals surface area (Å²) in [6.45, 7) is 4.47. The van der Waals surface area contributed by atoms with E-state index in [4.69, 9.17) is 16.3 Å². The van der Waals surface area contributed by atoms with Gasteiger partial charge in [0.2, 0.25) is 10.0 Å². The van der Waals surface area contributed by atoms with Crippen LogP contribution in [0.5, 0.6) is 0 Å². The Kier molecular flexibility index (Phi) is 6.92. The molecule has 10 heteroatoms. The maximum absolute atomic E-state index is 13.2. The molecular formula is C22H24ClFN4O3S. The van der Waals surface area contributed by atoms with Gasteiger partial charge < -0.3 is 10.1 Å². The van der Waals surface area contributed by atoms with Gasteiger partial charge >= 0.3 is 0 Å². The Morgan fingerprint density at radius 2 is 1.72 bits per heavy atom. The summed E-state index contributed by atoms with van der Waals surface area (Å²) < 4.78 is 46.9. The summed E-state index contributed by atoms with van der Waals surface area (Å²) >= 11 is 6.52. The third-order valence-electron chi connectivity index (χ3n) is 5.35.